The van der Waals surface area contributed by atoms with Crippen molar-refractivity contribution in [1.29, 1.82) is 0 Å². The standard InChI is InChI=1S/C16H24FNOS/c1-11-8-14(9-12(2)15(11)17)13(3)18-10-16(19)4-6-20-7-5-16/h8-9,13,18-19H,4-7,10H2,1-3H3. The molecule has 1 unspecified atom stereocenters. The van der Waals surface area contributed by atoms with Crippen LogP contribution in [0.1, 0.15) is 42.5 Å². The van der Waals surface area contributed by atoms with Gasteiger partial charge < -0.3 is 10.4 Å². The molecule has 1 fully saturated rings. The van der Waals surface area contributed by atoms with E-state index in [0.717, 1.165) is 29.9 Å². The quantitative estimate of drug-likeness (QED) is 0.894. The molecule has 0 bridgehead atoms. The van der Waals surface area contributed by atoms with Crippen molar-refractivity contribution in [2.75, 3.05) is 18.1 Å². The second kappa shape index (κ2) is 6.46. The van der Waals surface area contributed by atoms with Crippen LogP contribution in [0.25, 0.3) is 0 Å². The molecule has 1 aromatic rings. The number of benzene rings is 1. The van der Waals surface area contributed by atoms with Gasteiger partial charge in [-0.2, -0.15) is 11.8 Å². The highest BCUT2D eigenvalue weighted by atomic mass is 32.2. The van der Waals surface area contributed by atoms with Crippen LogP contribution >= 0.6 is 11.8 Å². The summed E-state index contributed by atoms with van der Waals surface area (Å²) in [6.45, 7) is 6.26. The van der Waals surface area contributed by atoms with E-state index in [1.54, 1.807) is 13.8 Å². The Morgan fingerprint density at radius 1 is 1.30 bits per heavy atom. The van der Waals surface area contributed by atoms with Gasteiger partial charge in [0.1, 0.15) is 5.82 Å². The Morgan fingerprint density at radius 2 is 1.85 bits per heavy atom. The Kier molecular flexibility index (Phi) is 5.10. The number of hydrogen-bond donors (Lipinski definition) is 2. The zero-order chi connectivity index (χ0) is 14.8. The minimum absolute atomic E-state index is 0.117. The summed E-state index contributed by atoms with van der Waals surface area (Å²) < 4.78 is 13.6. The van der Waals surface area contributed by atoms with Crippen molar-refractivity contribution in [1.82, 2.24) is 5.32 Å². The Labute approximate surface area is 125 Å². The molecule has 0 spiro atoms. The molecular formula is C16H24FNOS. The van der Waals surface area contributed by atoms with E-state index in [-0.39, 0.29) is 11.9 Å². The van der Waals surface area contributed by atoms with Gasteiger partial charge in [-0.05, 0) is 61.8 Å². The molecule has 2 N–H and O–H groups in total. The van der Waals surface area contributed by atoms with Gasteiger partial charge in [-0.25, -0.2) is 4.39 Å². The molecule has 1 aromatic carbocycles. The highest BCUT2D eigenvalue weighted by Crippen LogP contribution is 2.27. The summed E-state index contributed by atoms with van der Waals surface area (Å²) >= 11 is 1.90. The maximum Gasteiger partial charge on any atom is 0.129 e. The third-order valence-electron chi connectivity index (χ3n) is 4.12. The first-order valence-corrected chi connectivity index (χ1v) is 8.37. The van der Waals surface area contributed by atoms with Crippen molar-refractivity contribution >= 4 is 11.8 Å². The van der Waals surface area contributed by atoms with Gasteiger partial charge in [0.05, 0.1) is 5.60 Å². The first-order valence-electron chi connectivity index (χ1n) is 7.21. The molecule has 1 saturated heterocycles. The number of thioether (sulfide) groups is 1. The third-order valence-corrected chi connectivity index (χ3v) is 5.11. The molecule has 4 heteroatoms. The van der Waals surface area contributed by atoms with Crippen LogP contribution in [-0.4, -0.2) is 28.8 Å². The molecule has 2 rings (SSSR count). The normalized spacial score (nSPS) is 19.9. The Hall–Kier alpha value is -0.580. The van der Waals surface area contributed by atoms with Crippen LogP contribution in [0.15, 0.2) is 12.1 Å². The predicted octanol–water partition coefficient (Wildman–Crippen LogP) is 3.35. The lowest BCUT2D eigenvalue weighted by molar-refractivity contribution is 0.0300. The fraction of sp³-hybridized carbons (Fsp3) is 0.625. The molecule has 0 radical (unpaired) electrons. The fourth-order valence-corrected chi connectivity index (χ4v) is 3.87. The molecule has 0 aromatic heterocycles. The molecule has 0 saturated carbocycles. The van der Waals surface area contributed by atoms with Gasteiger partial charge in [-0.15, -0.1) is 0 Å². The van der Waals surface area contributed by atoms with E-state index in [1.807, 2.05) is 23.9 Å². The van der Waals surface area contributed by atoms with Crippen molar-refractivity contribution in [3.05, 3.63) is 34.6 Å². The summed E-state index contributed by atoms with van der Waals surface area (Å²) in [6.07, 6.45) is 1.69. The van der Waals surface area contributed by atoms with Gasteiger partial charge in [-0.1, -0.05) is 12.1 Å². The van der Waals surface area contributed by atoms with E-state index in [0.29, 0.717) is 17.7 Å². The fourth-order valence-electron chi connectivity index (χ4n) is 2.62. The van der Waals surface area contributed by atoms with Crippen molar-refractivity contribution in [3.63, 3.8) is 0 Å². The minimum Gasteiger partial charge on any atom is -0.389 e. The second-order valence-electron chi connectivity index (χ2n) is 5.91. The van der Waals surface area contributed by atoms with Gasteiger partial charge in [0.25, 0.3) is 0 Å². The van der Waals surface area contributed by atoms with E-state index < -0.39 is 5.60 Å². The molecule has 1 aliphatic rings. The minimum atomic E-state index is -0.580. The lowest BCUT2D eigenvalue weighted by Crippen LogP contribution is -2.44. The predicted molar refractivity (Wildman–Crippen MR) is 83.8 cm³/mol. The Morgan fingerprint density at radius 3 is 2.40 bits per heavy atom. The summed E-state index contributed by atoms with van der Waals surface area (Å²) in [6, 6.07) is 3.90. The van der Waals surface area contributed by atoms with Crippen LogP contribution < -0.4 is 5.32 Å². The Bertz CT molecular complexity index is 449. The van der Waals surface area contributed by atoms with E-state index in [9.17, 15) is 9.50 Å². The average Bonchev–Trinajstić information content (AvgIpc) is 2.42. The van der Waals surface area contributed by atoms with Crippen molar-refractivity contribution in [2.24, 2.45) is 0 Å². The molecule has 0 aliphatic carbocycles. The van der Waals surface area contributed by atoms with Crippen LogP contribution in [0.5, 0.6) is 0 Å². The molecule has 1 heterocycles. The number of aryl methyl sites for hydroxylation is 2. The molecule has 0 amide bonds. The smallest absolute Gasteiger partial charge is 0.129 e. The monoisotopic (exact) mass is 297 g/mol. The summed E-state index contributed by atoms with van der Waals surface area (Å²) in [5.41, 5.74) is 1.86. The van der Waals surface area contributed by atoms with Crippen LogP contribution in [-0.2, 0) is 0 Å². The lowest BCUT2D eigenvalue weighted by Gasteiger charge is -2.33. The van der Waals surface area contributed by atoms with Gasteiger partial charge in [0, 0.05) is 12.6 Å². The number of aliphatic hydroxyl groups is 1. The second-order valence-corrected chi connectivity index (χ2v) is 7.13. The molecule has 1 atom stereocenters. The number of halogens is 1. The van der Waals surface area contributed by atoms with Gasteiger partial charge in [0.15, 0.2) is 0 Å². The first-order chi connectivity index (χ1) is 9.41. The van der Waals surface area contributed by atoms with Crippen LogP contribution in [0.4, 0.5) is 4.39 Å². The zero-order valence-electron chi connectivity index (χ0n) is 12.5. The van der Waals surface area contributed by atoms with Crippen molar-refractivity contribution < 1.29 is 9.50 Å². The molecular weight excluding hydrogens is 273 g/mol. The zero-order valence-corrected chi connectivity index (χ0v) is 13.3. The van der Waals surface area contributed by atoms with Crippen molar-refractivity contribution in [2.45, 2.75) is 45.3 Å². The van der Waals surface area contributed by atoms with E-state index in [4.69, 9.17) is 0 Å². The summed E-state index contributed by atoms with van der Waals surface area (Å²) in [5, 5.41) is 13.9. The highest BCUT2D eigenvalue weighted by molar-refractivity contribution is 7.99. The lowest BCUT2D eigenvalue weighted by atomic mass is 9.95. The van der Waals surface area contributed by atoms with E-state index in [2.05, 4.69) is 12.2 Å². The SMILES string of the molecule is Cc1cc(C(C)NCC2(O)CCSCC2)cc(C)c1F. The number of nitrogens with one attached hydrogen (secondary N) is 1. The van der Waals surface area contributed by atoms with Gasteiger partial charge >= 0.3 is 0 Å². The topological polar surface area (TPSA) is 32.3 Å². The Balaban J connectivity index is 1.99. The molecule has 20 heavy (non-hydrogen) atoms. The third kappa shape index (κ3) is 3.74. The summed E-state index contributed by atoms with van der Waals surface area (Å²) in [4.78, 5) is 0. The molecule has 2 nitrogen and oxygen atoms in total. The van der Waals surface area contributed by atoms with E-state index >= 15 is 0 Å². The molecule has 1 aliphatic heterocycles. The van der Waals surface area contributed by atoms with Crippen LogP contribution in [0.3, 0.4) is 0 Å². The van der Waals surface area contributed by atoms with Gasteiger partial charge in [-0.3, -0.25) is 0 Å². The summed E-state index contributed by atoms with van der Waals surface area (Å²) in [5.74, 6) is 1.94. The molecule has 112 valence electrons. The van der Waals surface area contributed by atoms with E-state index in [1.165, 1.54) is 0 Å². The van der Waals surface area contributed by atoms with Crippen molar-refractivity contribution in [3.8, 4) is 0 Å². The summed E-state index contributed by atoms with van der Waals surface area (Å²) in [7, 11) is 0. The van der Waals surface area contributed by atoms with Crippen LogP contribution in [0, 0.1) is 19.7 Å². The number of hydrogen-bond acceptors (Lipinski definition) is 3. The first kappa shape index (κ1) is 15.8. The van der Waals surface area contributed by atoms with Gasteiger partial charge in [0.2, 0.25) is 0 Å². The maximum atomic E-state index is 13.6. The highest BCUT2D eigenvalue weighted by Gasteiger charge is 2.29. The van der Waals surface area contributed by atoms with Crippen LogP contribution in [0.2, 0.25) is 0 Å². The largest absolute Gasteiger partial charge is 0.389 e. The number of rotatable bonds is 4. The average molecular weight is 297 g/mol. The maximum absolute atomic E-state index is 13.6.